The number of likely N-dealkylation sites (N-methyl/N-ethyl adjacent to an activating group) is 1. The molecule has 0 saturated carbocycles. The van der Waals surface area contributed by atoms with Crippen molar-refractivity contribution in [3.8, 4) is 11.5 Å². The van der Waals surface area contributed by atoms with Crippen molar-refractivity contribution in [2.75, 3.05) is 34.4 Å². The van der Waals surface area contributed by atoms with E-state index in [1.807, 2.05) is 38.4 Å². The van der Waals surface area contributed by atoms with Crippen LogP contribution in [-0.2, 0) is 4.79 Å². The number of carbonyl (C=O) groups excluding carboxylic acids is 1. The summed E-state index contributed by atoms with van der Waals surface area (Å²) in [6, 6.07) is 12.9. The molecule has 1 amide bonds. The summed E-state index contributed by atoms with van der Waals surface area (Å²) in [5.41, 5.74) is 1.08. The van der Waals surface area contributed by atoms with Gasteiger partial charge in [-0.1, -0.05) is 35.3 Å². The second-order valence-corrected chi connectivity index (χ2v) is 7.05. The van der Waals surface area contributed by atoms with Gasteiger partial charge in [0.25, 0.3) is 0 Å². The molecular formula is C20H24Cl2N2O3. The maximum atomic E-state index is 12.2. The van der Waals surface area contributed by atoms with Gasteiger partial charge in [0.1, 0.15) is 11.5 Å². The van der Waals surface area contributed by atoms with Gasteiger partial charge in [-0.05, 0) is 43.9 Å². The molecule has 1 unspecified atom stereocenters. The van der Waals surface area contributed by atoms with E-state index in [0.717, 1.165) is 11.3 Å². The minimum Gasteiger partial charge on any atom is -0.497 e. The lowest BCUT2D eigenvalue weighted by molar-refractivity contribution is -0.121. The Morgan fingerprint density at radius 3 is 2.56 bits per heavy atom. The van der Waals surface area contributed by atoms with Crippen molar-refractivity contribution in [2.24, 2.45) is 0 Å². The van der Waals surface area contributed by atoms with Gasteiger partial charge in [0.2, 0.25) is 5.91 Å². The molecule has 0 fully saturated rings. The number of nitrogens with one attached hydrogen (secondary N) is 1. The molecule has 0 saturated heterocycles. The van der Waals surface area contributed by atoms with Crippen LogP contribution in [0.1, 0.15) is 18.0 Å². The van der Waals surface area contributed by atoms with E-state index < -0.39 is 0 Å². The van der Waals surface area contributed by atoms with Crippen molar-refractivity contribution >= 4 is 29.1 Å². The first-order valence-corrected chi connectivity index (χ1v) is 9.31. The molecule has 1 atom stereocenters. The van der Waals surface area contributed by atoms with Crippen LogP contribution in [0, 0.1) is 0 Å². The van der Waals surface area contributed by atoms with Crippen molar-refractivity contribution in [3.63, 3.8) is 0 Å². The number of methoxy groups -OCH3 is 1. The van der Waals surface area contributed by atoms with E-state index in [1.54, 1.807) is 25.3 Å². The summed E-state index contributed by atoms with van der Waals surface area (Å²) in [6.45, 7) is 0.751. The number of nitrogens with zero attached hydrogens (tertiary/aromatic N) is 1. The normalized spacial score (nSPS) is 11.9. The van der Waals surface area contributed by atoms with Crippen molar-refractivity contribution in [3.05, 3.63) is 58.1 Å². The van der Waals surface area contributed by atoms with E-state index in [-0.39, 0.29) is 25.0 Å². The fourth-order valence-corrected chi connectivity index (χ4v) is 2.86. The average Bonchev–Trinajstić information content (AvgIpc) is 2.64. The molecule has 0 bridgehead atoms. The predicted octanol–water partition coefficient (Wildman–Crippen LogP) is 4.19. The third kappa shape index (κ3) is 6.61. The van der Waals surface area contributed by atoms with Crippen LogP contribution in [0.15, 0.2) is 42.5 Å². The van der Waals surface area contributed by atoms with Crippen LogP contribution >= 0.6 is 23.2 Å². The Morgan fingerprint density at radius 1 is 1.11 bits per heavy atom. The highest BCUT2D eigenvalue weighted by Crippen LogP contribution is 2.26. The third-order valence-corrected chi connectivity index (χ3v) is 4.82. The van der Waals surface area contributed by atoms with Gasteiger partial charge in [0.15, 0.2) is 0 Å². The molecule has 7 heteroatoms. The first kappa shape index (κ1) is 21.4. The van der Waals surface area contributed by atoms with Gasteiger partial charge in [-0.2, -0.15) is 0 Å². The van der Waals surface area contributed by atoms with Gasteiger partial charge in [0.05, 0.1) is 36.2 Å². The van der Waals surface area contributed by atoms with Crippen molar-refractivity contribution in [1.82, 2.24) is 10.2 Å². The van der Waals surface area contributed by atoms with Crippen molar-refractivity contribution in [2.45, 2.75) is 12.5 Å². The molecule has 2 rings (SSSR count). The van der Waals surface area contributed by atoms with E-state index in [4.69, 9.17) is 32.7 Å². The number of hydrogen-bond acceptors (Lipinski definition) is 4. The Morgan fingerprint density at radius 2 is 1.89 bits per heavy atom. The highest BCUT2D eigenvalue weighted by atomic mass is 35.5. The number of benzene rings is 2. The highest BCUT2D eigenvalue weighted by Gasteiger charge is 2.16. The molecule has 2 aromatic carbocycles. The standard InChI is InChI=1S/C20H24Cl2N2O3/c1-24(2)19(14-5-4-6-15(11-14)26-3)13-23-20(25)9-10-27-16-7-8-17(21)18(22)12-16/h4-8,11-12,19H,9-10,13H2,1-3H3,(H,23,25). The smallest absolute Gasteiger partial charge is 0.223 e. The first-order chi connectivity index (χ1) is 12.9. The number of carbonyl (C=O) groups is 1. The van der Waals surface area contributed by atoms with E-state index in [9.17, 15) is 4.79 Å². The molecular weight excluding hydrogens is 387 g/mol. The summed E-state index contributed by atoms with van der Waals surface area (Å²) in [5.74, 6) is 1.30. The summed E-state index contributed by atoms with van der Waals surface area (Å²) in [4.78, 5) is 14.2. The topological polar surface area (TPSA) is 50.8 Å². The predicted molar refractivity (Wildman–Crippen MR) is 109 cm³/mol. The second kappa shape index (κ2) is 10.4. The maximum absolute atomic E-state index is 12.2. The van der Waals surface area contributed by atoms with Crippen molar-refractivity contribution < 1.29 is 14.3 Å². The van der Waals surface area contributed by atoms with Crippen LogP contribution in [0.4, 0.5) is 0 Å². The van der Waals surface area contributed by atoms with Gasteiger partial charge in [0, 0.05) is 12.6 Å². The van der Waals surface area contributed by atoms with Gasteiger partial charge in [-0.25, -0.2) is 0 Å². The Kier molecular flexibility index (Phi) is 8.23. The molecule has 27 heavy (non-hydrogen) atoms. The minimum absolute atomic E-state index is 0.0417. The zero-order valence-electron chi connectivity index (χ0n) is 15.7. The zero-order chi connectivity index (χ0) is 19.8. The lowest BCUT2D eigenvalue weighted by Crippen LogP contribution is -2.35. The number of rotatable bonds is 9. The molecule has 0 aliphatic rings. The van der Waals surface area contributed by atoms with Crippen LogP contribution in [-0.4, -0.2) is 45.2 Å². The molecule has 5 nitrogen and oxygen atoms in total. The van der Waals surface area contributed by atoms with Crippen LogP contribution in [0.5, 0.6) is 11.5 Å². The summed E-state index contributed by atoms with van der Waals surface area (Å²) in [6.07, 6.45) is 0.249. The monoisotopic (exact) mass is 410 g/mol. The minimum atomic E-state index is -0.0789. The van der Waals surface area contributed by atoms with Crippen LogP contribution < -0.4 is 14.8 Å². The summed E-state index contributed by atoms with van der Waals surface area (Å²) >= 11 is 11.8. The molecule has 0 heterocycles. The number of hydrogen-bond donors (Lipinski definition) is 1. The highest BCUT2D eigenvalue weighted by molar-refractivity contribution is 6.42. The second-order valence-electron chi connectivity index (χ2n) is 6.23. The van der Waals surface area contributed by atoms with Crippen LogP contribution in [0.25, 0.3) is 0 Å². The molecule has 0 aliphatic heterocycles. The van der Waals surface area contributed by atoms with Gasteiger partial charge in [-0.3, -0.25) is 4.79 Å². The lowest BCUT2D eigenvalue weighted by atomic mass is 10.1. The number of ether oxygens (including phenoxy) is 2. The van der Waals surface area contributed by atoms with Gasteiger partial charge < -0.3 is 19.7 Å². The fourth-order valence-electron chi connectivity index (χ4n) is 2.57. The Bertz CT molecular complexity index is 769. The molecule has 1 N–H and O–H groups in total. The van der Waals surface area contributed by atoms with Crippen molar-refractivity contribution in [1.29, 1.82) is 0 Å². The molecule has 0 spiro atoms. The molecule has 146 valence electrons. The SMILES string of the molecule is COc1cccc(C(CNC(=O)CCOc2ccc(Cl)c(Cl)c2)N(C)C)c1. The largest absolute Gasteiger partial charge is 0.497 e. The summed E-state index contributed by atoms with van der Waals surface area (Å²) < 4.78 is 10.8. The Balaban J connectivity index is 1.83. The molecule has 2 aromatic rings. The summed E-state index contributed by atoms with van der Waals surface area (Å²) in [7, 11) is 5.59. The van der Waals surface area contributed by atoms with Gasteiger partial charge >= 0.3 is 0 Å². The van der Waals surface area contributed by atoms with E-state index in [1.165, 1.54) is 0 Å². The average molecular weight is 411 g/mol. The van der Waals surface area contributed by atoms with E-state index in [2.05, 4.69) is 10.2 Å². The Labute approximate surface area is 170 Å². The van der Waals surface area contributed by atoms with Gasteiger partial charge in [-0.15, -0.1) is 0 Å². The zero-order valence-corrected chi connectivity index (χ0v) is 17.2. The molecule has 0 aromatic heterocycles. The first-order valence-electron chi connectivity index (χ1n) is 8.55. The molecule has 0 radical (unpaired) electrons. The van der Waals surface area contributed by atoms with Crippen LogP contribution in [0.3, 0.4) is 0 Å². The van der Waals surface area contributed by atoms with E-state index in [0.29, 0.717) is 22.3 Å². The third-order valence-electron chi connectivity index (χ3n) is 4.08. The number of amides is 1. The fraction of sp³-hybridized carbons (Fsp3) is 0.350. The molecule has 0 aliphatic carbocycles. The van der Waals surface area contributed by atoms with E-state index >= 15 is 0 Å². The maximum Gasteiger partial charge on any atom is 0.223 e. The summed E-state index contributed by atoms with van der Waals surface area (Å²) in [5, 5.41) is 3.85. The lowest BCUT2D eigenvalue weighted by Gasteiger charge is -2.25. The van der Waals surface area contributed by atoms with Crippen LogP contribution in [0.2, 0.25) is 10.0 Å². The number of halogens is 2. The quantitative estimate of drug-likeness (QED) is 0.673. The Hall–Kier alpha value is -1.95.